The Morgan fingerprint density at radius 3 is 2.59 bits per heavy atom. The van der Waals surface area contributed by atoms with Crippen LogP contribution in [0.3, 0.4) is 0 Å². The minimum Gasteiger partial charge on any atom is -0.497 e. The van der Waals surface area contributed by atoms with Crippen LogP contribution in [0.5, 0.6) is 5.75 Å². The molecule has 1 aromatic carbocycles. The molecule has 2 saturated heterocycles. The topological polar surface area (TPSA) is 81.3 Å². The molecule has 1 amide bonds. The molecule has 1 atom stereocenters. The number of carbonyl (C=O) groups excluding carboxylic acids is 1. The van der Waals surface area contributed by atoms with Gasteiger partial charge in [-0.1, -0.05) is 12.8 Å². The lowest BCUT2D eigenvalue weighted by Gasteiger charge is -2.50. The van der Waals surface area contributed by atoms with Crippen LogP contribution in [-0.2, 0) is 14.9 Å². The molecular weight excluding hydrogens is 468 g/mol. The number of ether oxygens (including phenoxy) is 2. The van der Waals surface area contributed by atoms with Crippen molar-refractivity contribution in [3.8, 4) is 5.75 Å². The number of methoxy groups -OCH3 is 1. The molecule has 2 N–H and O–H groups in total. The molecule has 1 spiro atoms. The monoisotopic (exact) mass is 510 g/mol. The largest absolute Gasteiger partial charge is 0.497 e. The fourth-order valence-corrected chi connectivity index (χ4v) is 7.44. The summed E-state index contributed by atoms with van der Waals surface area (Å²) in [4.78, 5) is 24.2. The molecule has 0 unspecified atom stereocenters. The third kappa shape index (κ3) is 4.78. The average Bonchev–Trinajstić information content (AvgIpc) is 3.58. The van der Waals surface area contributed by atoms with Gasteiger partial charge in [0.2, 0.25) is 5.91 Å². The zero-order chi connectivity index (χ0) is 25.4. The smallest absolute Gasteiger partial charge is 0.237 e. The quantitative estimate of drug-likeness (QED) is 0.622. The number of H-pyrrole nitrogens is 1. The van der Waals surface area contributed by atoms with Crippen LogP contribution in [0.15, 0.2) is 18.2 Å². The summed E-state index contributed by atoms with van der Waals surface area (Å²) in [6, 6.07) is 5.88. The molecule has 37 heavy (non-hydrogen) atoms. The number of carbonyl (C=O) groups is 1. The number of hydrogen-bond donors (Lipinski definition) is 2. The zero-order valence-electron chi connectivity index (χ0n) is 22.2. The van der Waals surface area contributed by atoms with Crippen molar-refractivity contribution in [2.24, 2.45) is 5.92 Å². The van der Waals surface area contributed by atoms with Gasteiger partial charge in [-0.3, -0.25) is 9.69 Å². The van der Waals surface area contributed by atoms with E-state index in [1.165, 1.54) is 43.2 Å². The molecule has 2 aromatic rings. The number of aromatic amines is 1. The number of morpholine rings is 1. The van der Waals surface area contributed by atoms with Gasteiger partial charge in [0.25, 0.3) is 0 Å². The van der Waals surface area contributed by atoms with Gasteiger partial charge in [0.05, 0.1) is 39.5 Å². The second-order valence-corrected chi connectivity index (χ2v) is 11.7. The molecule has 3 fully saturated rings. The van der Waals surface area contributed by atoms with E-state index in [1.807, 2.05) is 17.0 Å². The van der Waals surface area contributed by atoms with Crippen molar-refractivity contribution in [2.75, 3.05) is 72.7 Å². The highest BCUT2D eigenvalue weighted by Crippen LogP contribution is 2.49. The lowest BCUT2D eigenvalue weighted by Crippen LogP contribution is -2.57. The summed E-state index contributed by atoms with van der Waals surface area (Å²) in [6.07, 6.45) is 7.58. The van der Waals surface area contributed by atoms with Crippen LogP contribution in [0.4, 0.5) is 0 Å². The van der Waals surface area contributed by atoms with Crippen molar-refractivity contribution in [1.29, 1.82) is 0 Å². The van der Waals surface area contributed by atoms with Crippen LogP contribution in [-0.4, -0.2) is 103 Å². The number of piperidine rings is 1. The molecule has 1 saturated carbocycles. The number of aliphatic hydroxyl groups excluding tert-OH is 1. The van der Waals surface area contributed by atoms with Crippen LogP contribution in [0.1, 0.15) is 55.8 Å². The average molecular weight is 511 g/mol. The number of aromatic nitrogens is 1. The maximum Gasteiger partial charge on any atom is 0.237 e. The van der Waals surface area contributed by atoms with E-state index in [4.69, 9.17) is 9.47 Å². The van der Waals surface area contributed by atoms with E-state index in [9.17, 15) is 9.90 Å². The fraction of sp³-hybridized carbons (Fsp3) is 0.690. The standard InChI is InChI=1S/C29H42N4O4/c1-36-22-6-7-23-24(16-22)30-28-25(19-34)33(26(35)18-32-12-14-37-15-13-32)20-29(27(23)28)8-10-31(11-9-29)17-21-4-2-3-5-21/h6-7,16,21,25,30,34H,2-5,8-15,17-20H2,1H3/t25-/m1/s1. The Balaban J connectivity index is 1.33. The molecule has 4 heterocycles. The third-order valence-corrected chi connectivity index (χ3v) is 9.51. The van der Waals surface area contributed by atoms with Crippen LogP contribution in [0.2, 0.25) is 0 Å². The van der Waals surface area contributed by atoms with Crippen molar-refractivity contribution in [3.63, 3.8) is 0 Å². The summed E-state index contributed by atoms with van der Waals surface area (Å²) in [6.45, 7) is 7.21. The first-order valence-corrected chi connectivity index (χ1v) is 14.2. The number of nitrogens with zero attached hydrogens (tertiary/aromatic N) is 3. The Kier molecular flexibility index (Phi) is 7.18. The number of likely N-dealkylation sites (tertiary alicyclic amines) is 1. The molecule has 3 aliphatic heterocycles. The van der Waals surface area contributed by atoms with Crippen molar-refractivity contribution in [2.45, 2.75) is 50.0 Å². The van der Waals surface area contributed by atoms with Gasteiger partial charge >= 0.3 is 0 Å². The van der Waals surface area contributed by atoms with Crippen molar-refractivity contribution < 1.29 is 19.4 Å². The number of fused-ring (bicyclic) bond motifs is 4. The Bertz CT molecular complexity index is 1100. The SMILES string of the molecule is COc1ccc2c3c([nH]c2c1)[C@@H](CO)N(C(=O)CN1CCOCC1)CC31CCN(CC2CCCC2)CC1. The number of hydrogen-bond acceptors (Lipinski definition) is 6. The van der Waals surface area contributed by atoms with Gasteiger partial charge in [0.1, 0.15) is 5.75 Å². The van der Waals surface area contributed by atoms with Gasteiger partial charge < -0.3 is 29.4 Å². The van der Waals surface area contributed by atoms with E-state index in [2.05, 4.69) is 20.9 Å². The van der Waals surface area contributed by atoms with Gasteiger partial charge in [0.15, 0.2) is 0 Å². The highest BCUT2D eigenvalue weighted by molar-refractivity contribution is 5.89. The first kappa shape index (κ1) is 25.2. The Morgan fingerprint density at radius 2 is 1.89 bits per heavy atom. The summed E-state index contributed by atoms with van der Waals surface area (Å²) in [7, 11) is 1.69. The summed E-state index contributed by atoms with van der Waals surface area (Å²) < 4.78 is 11.0. The minimum atomic E-state index is -0.357. The van der Waals surface area contributed by atoms with Crippen molar-refractivity contribution >= 4 is 16.8 Å². The first-order valence-electron chi connectivity index (χ1n) is 14.2. The number of benzene rings is 1. The normalized spacial score (nSPS) is 25.1. The molecule has 4 aliphatic rings. The molecule has 0 bridgehead atoms. The Labute approximate surface area is 219 Å². The molecule has 0 radical (unpaired) electrons. The number of nitrogens with one attached hydrogen (secondary N) is 1. The van der Waals surface area contributed by atoms with Crippen LogP contribution in [0, 0.1) is 5.92 Å². The lowest BCUT2D eigenvalue weighted by atomic mass is 9.68. The van der Waals surface area contributed by atoms with Gasteiger partial charge in [0, 0.05) is 54.3 Å². The highest BCUT2D eigenvalue weighted by atomic mass is 16.5. The third-order valence-electron chi connectivity index (χ3n) is 9.51. The lowest BCUT2D eigenvalue weighted by molar-refractivity contribution is -0.139. The summed E-state index contributed by atoms with van der Waals surface area (Å²) in [5.41, 5.74) is 3.25. The van der Waals surface area contributed by atoms with Crippen LogP contribution in [0.25, 0.3) is 10.9 Å². The van der Waals surface area contributed by atoms with E-state index >= 15 is 0 Å². The van der Waals surface area contributed by atoms with Crippen molar-refractivity contribution in [3.05, 3.63) is 29.5 Å². The highest BCUT2D eigenvalue weighted by Gasteiger charge is 2.48. The zero-order valence-corrected chi connectivity index (χ0v) is 22.2. The van der Waals surface area contributed by atoms with Crippen molar-refractivity contribution in [1.82, 2.24) is 19.7 Å². The Morgan fingerprint density at radius 1 is 1.14 bits per heavy atom. The predicted molar refractivity (Wildman–Crippen MR) is 143 cm³/mol. The second-order valence-electron chi connectivity index (χ2n) is 11.7. The van der Waals surface area contributed by atoms with Crippen LogP contribution >= 0.6 is 0 Å². The van der Waals surface area contributed by atoms with Gasteiger partial charge in [-0.05, 0) is 62.4 Å². The number of aliphatic hydroxyl groups is 1. The van der Waals surface area contributed by atoms with Gasteiger partial charge in [-0.25, -0.2) is 0 Å². The van der Waals surface area contributed by atoms with Gasteiger partial charge in [-0.2, -0.15) is 0 Å². The van der Waals surface area contributed by atoms with Gasteiger partial charge in [-0.15, -0.1) is 0 Å². The van der Waals surface area contributed by atoms with E-state index in [0.717, 1.165) is 61.9 Å². The second kappa shape index (κ2) is 10.6. The summed E-state index contributed by atoms with van der Waals surface area (Å²) >= 11 is 0. The van der Waals surface area contributed by atoms with E-state index in [1.54, 1.807) is 7.11 Å². The number of amides is 1. The fourth-order valence-electron chi connectivity index (χ4n) is 7.44. The maximum atomic E-state index is 13.8. The Hall–Kier alpha value is -2.13. The molecule has 202 valence electrons. The van der Waals surface area contributed by atoms with E-state index < -0.39 is 0 Å². The van der Waals surface area contributed by atoms with Crippen LogP contribution < -0.4 is 4.74 Å². The molecule has 1 aromatic heterocycles. The predicted octanol–water partition coefficient (Wildman–Crippen LogP) is 2.91. The maximum absolute atomic E-state index is 13.8. The summed E-state index contributed by atoms with van der Waals surface area (Å²) in [5, 5.41) is 11.8. The first-order chi connectivity index (χ1) is 18.1. The van der Waals surface area contributed by atoms with E-state index in [-0.39, 0.29) is 24.0 Å². The number of rotatable bonds is 6. The van der Waals surface area contributed by atoms with E-state index in [0.29, 0.717) is 26.3 Å². The molecule has 8 heteroatoms. The molecule has 6 rings (SSSR count). The summed E-state index contributed by atoms with van der Waals surface area (Å²) in [5.74, 6) is 1.77. The molecular formula is C29H42N4O4. The molecule has 8 nitrogen and oxygen atoms in total. The minimum absolute atomic E-state index is 0.0876. The molecule has 1 aliphatic carbocycles.